The van der Waals surface area contributed by atoms with Gasteiger partial charge < -0.3 is 19.7 Å². The Morgan fingerprint density at radius 1 is 1.29 bits per heavy atom. The van der Waals surface area contributed by atoms with Gasteiger partial charge in [-0.2, -0.15) is 5.10 Å². The lowest BCUT2D eigenvalue weighted by Gasteiger charge is -2.35. The monoisotopic (exact) mass is 380 g/mol. The van der Waals surface area contributed by atoms with E-state index in [4.69, 9.17) is 0 Å². The minimum absolute atomic E-state index is 0.0443. The van der Waals surface area contributed by atoms with Gasteiger partial charge in [-0.25, -0.2) is 4.98 Å². The highest BCUT2D eigenvalue weighted by Crippen LogP contribution is 2.16. The number of amides is 1. The number of piperazine rings is 1. The molecule has 1 aliphatic heterocycles. The lowest BCUT2D eigenvalue weighted by atomic mass is 10.3. The Bertz CT molecular complexity index is 1000. The predicted molar refractivity (Wildman–Crippen MR) is 108 cm³/mol. The summed E-state index contributed by atoms with van der Waals surface area (Å²) in [5, 5.41) is 7.51. The van der Waals surface area contributed by atoms with E-state index in [0.29, 0.717) is 26.2 Å². The number of carbonyl (C=O) groups is 1. The average molecular weight is 380 g/mol. The standard InChI is InChI=1S/C19H24N8O/c1-20-19(21-7-8-26-14-22-16-5-3-4-6-17(16)26)25-9-10-27(18(28)13-25)15-11-23-24(2)12-15/h3-6,11-12,14H,7-10,13H2,1-2H3,(H,20,21). The number of para-hydroxylation sites is 2. The number of hydrogen-bond donors (Lipinski definition) is 1. The molecule has 0 radical (unpaired) electrons. The van der Waals surface area contributed by atoms with Crippen LogP contribution < -0.4 is 10.2 Å². The zero-order valence-corrected chi connectivity index (χ0v) is 16.1. The van der Waals surface area contributed by atoms with E-state index >= 15 is 0 Å². The molecule has 0 unspecified atom stereocenters. The smallest absolute Gasteiger partial charge is 0.246 e. The van der Waals surface area contributed by atoms with Crippen molar-refractivity contribution in [2.75, 3.05) is 38.1 Å². The fourth-order valence-corrected chi connectivity index (χ4v) is 3.48. The number of hydrogen-bond acceptors (Lipinski definition) is 4. The second kappa shape index (κ2) is 7.71. The summed E-state index contributed by atoms with van der Waals surface area (Å²) >= 11 is 0. The quantitative estimate of drug-likeness (QED) is 0.532. The summed E-state index contributed by atoms with van der Waals surface area (Å²) in [6, 6.07) is 8.07. The third kappa shape index (κ3) is 3.55. The molecule has 2 aromatic heterocycles. The van der Waals surface area contributed by atoms with Crippen molar-refractivity contribution in [3.05, 3.63) is 43.0 Å². The van der Waals surface area contributed by atoms with Gasteiger partial charge in [-0.05, 0) is 12.1 Å². The van der Waals surface area contributed by atoms with Gasteiger partial charge in [-0.3, -0.25) is 14.5 Å². The van der Waals surface area contributed by atoms with Crippen LogP contribution in [0, 0.1) is 0 Å². The van der Waals surface area contributed by atoms with Gasteiger partial charge in [-0.1, -0.05) is 12.1 Å². The molecule has 0 aliphatic carbocycles. The highest BCUT2D eigenvalue weighted by Gasteiger charge is 2.27. The van der Waals surface area contributed by atoms with E-state index in [0.717, 1.165) is 29.2 Å². The number of anilines is 1. The number of nitrogens with zero attached hydrogens (tertiary/aromatic N) is 7. The molecule has 0 atom stereocenters. The molecule has 146 valence electrons. The number of nitrogens with one attached hydrogen (secondary N) is 1. The maximum Gasteiger partial charge on any atom is 0.246 e. The molecule has 0 saturated carbocycles. The Labute approximate surface area is 163 Å². The van der Waals surface area contributed by atoms with E-state index in [1.807, 2.05) is 42.7 Å². The number of imidazole rings is 1. The number of fused-ring (bicyclic) bond motifs is 1. The largest absolute Gasteiger partial charge is 0.354 e. The average Bonchev–Trinajstić information content (AvgIpc) is 3.31. The maximum absolute atomic E-state index is 12.6. The summed E-state index contributed by atoms with van der Waals surface area (Å²) in [6.07, 6.45) is 5.43. The molecule has 1 aromatic carbocycles. The Kier molecular flexibility index (Phi) is 4.96. The number of rotatable bonds is 4. The van der Waals surface area contributed by atoms with E-state index in [-0.39, 0.29) is 5.91 Å². The van der Waals surface area contributed by atoms with Crippen molar-refractivity contribution in [1.82, 2.24) is 29.5 Å². The minimum Gasteiger partial charge on any atom is -0.354 e. The van der Waals surface area contributed by atoms with Crippen molar-refractivity contribution in [3.63, 3.8) is 0 Å². The molecule has 9 nitrogen and oxygen atoms in total. The van der Waals surface area contributed by atoms with Crippen LogP contribution >= 0.6 is 0 Å². The van der Waals surface area contributed by atoms with Crippen molar-refractivity contribution in [2.45, 2.75) is 6.54 Å². The molecule has 0 bridgehead atoms. The van der Waals surface area contributed by atoms with Crippen molar-refractivity contribution in [2.24, 2.45) is 12.0 Å². The lowest BCUT2D eigenvalue weighted by molar-refractivity contribution is -0.120. The summed E-state index contributed by atoms with van der Waals surface area (Å²) in [6.45, 7) is 3.08. The SMILES string of the molecule is CN=C(NCCn1cnc2ccccc21)N1CCN(c2cnn(C)c2)C(=O)C1. The van der Waals surface area contributed by atoms with Crippen LogP contribution in [0.15, 0.2) is 48.0 Å². The second-order valence-corrected chi connectivity index (χ2v) is 6.74. The Morgan fingerprint density at radius 2 is 2.14 bits per heavy atom. The van der Waals surface area contributed by atoms with E-state index in [9.17, 15) is 4.79 Å². The van der Waals surface area contributed by atoms with Crippen molar-refractivity contribution in [3.8, 4) is 0 Å². The molecule has 1 aliphatic rings. The molecular weight excluding hydrogens is 356 g/mol. The number of aryl methyl sites for hydroxylation is 1. The molecule has 9 heteroatoms. The fraction of sp³-hybridized carbons (Fsp3) is 0.368. The number of benzene rings is 1. The first-order valence-electron chi connectivity index (χ1n) is 9.30. The van der Waals surface area contributed by atoms with Gasteiger partial charge in [0.1, 0.15) is 6.54 Å². The van der Waals surface area contributed by atoms with Crippen LogP contribution in [0.4, 0.5) is 5.69 Å². The van der Waals surface area contributed by atoms with E-state index in [1.165, 1.54) is 0 Å². The van der Waals surface area contributed by atoms with Gasteiger partial charge in [0.2, 0.25) is 5.91 Å². The Hall–Kier alpha value is -3.36. The number of carbonyl (C=O) groups excluding carboxylic acids is 1. The summed E-state index contributed by atoms with van der Waals surface area (Å²) in [5.41, 5.74) is 2.94. The van der Waals surface area contributed by atoms with Crippen molar-refractivity contribution < 1.29 is 4.79 Å². The molecule has 1 N–H and O–H groups in total. The van der Waals surface area contributed by atoms with Crippen LogP contribution in [0.25, 0.3) is 11.0 Å². The van der Waals surface area contributed by atoms with Crippen LogP contribution in [0.2, 0.25) is 0 Å². The molecule has 1 amide bonds. The fourth-order valence-electron chi connectivity index (χ4n) is 3.48. The Morgan fingerprint density at radius 3 is 2.89 bits per heavy atom. The third-order valence-corrected chi connectivity index (χ3v) is 4.90. The van der Waals surface area contributed by atoms with E-state index < -0.39 is 0 Å². The topological polar surface area (TPSA) is 83.6 Å². The van der Waals surface area contributed by atoms with Gasteiger partial charge in [0.05, 0.1) is 29.2 Å². The van der Waals surface area contributed by atoms with Crippen LogP contribution in [-0.2, 0) is 18.4 Å². The lowest BCUT2D eigenvalue weighted by Crippen LogP contribution is -2.55. The maximum atomic E-state index is 12.6. The zero-order chi connectivity index (χ0) is 19.5. The van der Waals surface area contributed by atoms with E-state index in [2.05, 4.69) is 31.0 Å². The van der Waals surface area contributed by atoms with Crippen molar-refractivity contribution in [1.29, 1.82) is 0 Å². The van der Waals surface area contributed by atoms with E-state index in [1.54, 1.807) is 22.8 Å². The van der Waals surface area contributed by atoms with Crippen LogP contribution in [0.3, 0.4) is 0 Å². The van der Waals surface area contributed by atoms with Gasteiger partial charge in [0.25, 0.3) is 0 Å². The number of aliphatic imine (C=N–C) groups is 1. The molecule has 3 aromatic rings. The summed E-state index contributed by atoms with van der Waals surface area (Å²) in [4.78, 5) is 25.1. The highest BCUT2D eigenvalue weighted by molar-refractivity contribution is 5.98. The van der Waals surface area contributed by atoms with Gasteiger partial charge in [0.15, 0.2) is 5.96 Å². The zero-order valence-electron chi connectivity index (χ0n) is 16.1. The summed E-state index contributed by atoms with van der Waals surface area (Å²) < 4.78 is 3.82. The van der Waals surface area contributed by atoms with Crippen LogP contribution in [0.1, 0.15) is 0 Å². The summed E-state index contributed by atoms with van der Waals surface area (Å²) in [5.74, 6) is 0.784. The summed E-state index contributed by atoms with van der Waals surface area (Å²) in [7, 11) is 3.59. The van der Waals surface area contributed by atoms with Crippen LogP contribution in [0.5, 0.6) is 0 Å². The number of guanidine groups is 1. The minimum atomic E-state index is 0.0443. The van der Waals surface area contributed by atoms with Crippen LogP contribution in [-0.4, -0.2) is 69.3 Å². The van der Waals surface area contributed by atoms with Gasteiger partial charge in [-0.15, -0.1) is 0 Å². The molecule has 3 heterocycles. The molecule has 28 heavy (non-hydrogen) atoms. The molecular formula is C19H24N8O. The number of aromatic nitrogens is 4. The normalized spacial score (nSPS) is 15.5. The molecule has 1 fully saturated rings. The Balaban J connectivity index is 1.34. The second-order valence-electron chi connectivity index (χ2n) is 6.74. The first-order valence-corrected chi connectivity index (χ1v) is 9.30. The third-order valence-electron chi connectivity index (χ3n) is 4.90. The van der Waals surface area contributed by atoms with Gasteiger partial charge in [0, 0.05) is 46.5 Å². The first-order chi connectivity index (χ1) is 13.7. The first kappa shape index (κ1) is 18.0. The molecule has 0 spiro atoms. The predicted octanol–water partition coefficient (Wildman–Crippen LogP) is 0.694. The van der Waals surface area contributed by atoms with Gasteiger partial charge >= 0.3 is 0 Å². The highest BCUT2D eigenvalue weighted by atomic mass is 16.2. The molecule has 4 rings (SSSR count). The van der Waals surface area contributed by atoms with Crippen molar-refractivity contribution >= 4 is 28.6 Å². The molecule has 1 saturated heterocycles.